The number of likely N-dealkylation sites (tertiary alicyclic amines) is 1. The van der Waals surface area contributed by atoms with Gasteiger partial charge in [0.25, 0.3) is 5.91 Å². The molecule has 1 saturated heterocycles. The molecule has 2 amide bonds. The van der Waals surface area contributed by atoms with Gasteiger partial charge in [-0.3, -0.25) is 9.59 Å². The molecule has 0 spiro atoms. The van der Waals surface area contributed by atoms with Gasteiger partial charge in [-0.05, 0) is 25.0 Å². The van der Waals surface area contributed by atoms with Gasteiger partial charge < -0.3 is 15.5 Å². The highest BCUT2D eigenvalue weighted by Gasteiger charge is 2.36. The molecule has 0 saturated carbocycles. The normalized spacial score (nSPS) is 21.3. The molecule has 0 aromatic heterocycles. The highest BCUT2D eigenvalue weighted by molar-refractivity contribution is 6.34. The van der Waals surface area contributed by atoms with Gasteiger partial charge >= 0.3 is 0 Å². The minimum Gasteiger partial charge on any atom is -0.382 e. The molecule has 2 aliphatic rings. The van der Waals surface area contributed by atoms with E-state index in [2.05, 4.69) is 5.16 Å². The summed E-state index contributed by atoms with van der Waals surface area (Å²) in [6.07, 6.45) is 0.456. The average molecular weight is 354 g/mol. The number of rotatable bonds is 3. The SMILES string of the molecule is NC(=O)C1CCN(C(=O)[C@@H]2CC(c3c(F)cccc3Cl)=NO2)CC1. The van der Waals surface area contributed by atoms with Gasteiger partial charge in [0.1, 0.15) is 5.82 Å². The van der Waals surface area contributed by atoms with Crippen LogP contribution in [0.4, 0.5) is 4.39 Å². The number of oxime groups is 1. The smallest absolute Gasteiger partial charge is 0.266 e. The van der Waals surface area contributed by atoms with E-state index >= 15 is 0 Å². The third kappa shape index (κ3) is 3.21. The number of hydrogen-bond acceptors (Lipinski definition) is 4. The van der Waals surface area contributed by atoms with E-state index in [1.54, 1.807) is 11.0 Å². The zero-order valence-corrected chi connectivity index (χ0v) is 13.6. The van der Waals surface area contributed by atoms with E-state index in [0.717, 1.165) is 0 Å². The second kappa shape index (κ2) is 6.76. The summed E-state index contributed by atoms with van der Waals surface area (Å²) in [6.45, 7) is 0.893. The van der Waals surface area contributed by atoms with Gasteiger partial charge in [-0.25, -0.2) is 4.39 Å². The Kier molecular flexibility index (Phi) is 4.71. The molecule has 128 valence electrons. The molecular formula is C16H17ClFN3O3. The molecular weight excluding hydrogens is 337 g/mol. The van der Waals surface area contributed by atoms with Crippen molar-refractivity contribution in [2.45, 2.75) is 25.4 Å². The lowest BCUT2D eigenvalue weighted by Gasteiger charge is -2.31. The number of benzene rings is 1. The van der Waals surface area contributed by atoms with Crippen LogP contribution in [0.2, 0.25) is 5.02 Å². The number of carbonyl (C=O) groups excluding carboxylic acids is 2. The Morgan fingerprint density at radius 3 is 2.67 bits per heavy atom. The quantitative estimate of drug-likeness (QED) is 0.897. The minimum atomic E-state index is -0.791. The fraction of sp³-hybridized carbons (Fsp3) is 0.438. The largest absolute Gasteiger partial charge is 0.382 e. The number of piperidine rings is 1. The van der Waals surface area contributed by atoms with E-state index in [4.69, 9.17) is 22.2 Å². The summed E-state index contributed by atoms with van der Waals surface area (Å²) in [7, 11) is 0. The summed E-state index contributed by atoms with van der Waals surface area (Å²) in [6, 6.07) is 4.35. The minimum absolute atomic E-state index is 0.162. The topological polar surface area (TPSA) is 85.0 Å². The molecule has 6 nitrogen and oxygen atoms in total. The summed E-state index contributed by atoms with van der Waals surface area (Å²) in [4.78, 5) is 30.5. The summed E-state index contributed by atoms with van der Waals surface area (Å²) in [5.41, 5.74) is 5.78. The highest BCUT2D eigenvalue weighted by atomic mass is 35.5. The molecule has 0 aliphatic carbocycles. The standard InChI is InChI=1S/C16H17ClFN3O3/c17-10-2-1-3-11(18)14(10)12-8-13(24-20-12)16(23)21-6-4-9(5-7-21)15(19)22/h1-3,9,13H,4-8H2,(H2,19,22)/t13-/m0/s1. The molecule has 2 N–H and O–H groups in total. The lowest BCUT2D eigenvalue weighted by molar-refractivity contribution is -0.144. The van der Waals surface area contributed by atoms with Crippen molar-refractivity contribution < 1.29 is 18.8 Å². The van der Waals surface area contributed by atoms with Gasteiger partial charge in [0.15, 0.2) is 0 Å². The number of hydrogen-bond donors (Lipinski definition) is 1. The average Bonchev–Trinajstić information content (AvgIpc) is 3.03. The van der Waals surface area contributed by atoms with E-state index in [1.807, 2.05) is 0 Å². The van der Waals surface area contributed by atoms with Crippen LogP contribution in [0.15, 0.2) is 23.4 Å². The molecule has 3 rings (SSSR count). The van der Waals surface area contributed by atoms with Crippen LogP contribution < -0.4 is 5.73 Å². The van der Waals surface area contributed by atoms with Crippen LogP contribution in [0.3, 0.4) is 0 Å². The Hall–Kier alpha value is -2.15. The van der Waals surface area contributed by atoms with Gasteiger partial charge in [0.05, 0.1) is 16.3 Å². The maximum Gasteiger partial charge on any atom is 0.266 e. The molecule has 2 aliphatic heterocycles. The van der Waals surface area contributed by atoms with Crippen molar-refractivity contribution in [3.63, 3.8) is 0 Å². The number of nitrogens with zero attached hydrogens (tertiary/aromatic N) is 2. The first-order chi connectivity index (χ1) is 11.5. The van der Waals surface area contributed by atoms with Crippen molar-refractivity contribution in [1.29, 1.82) is 0 Å². The molecule has 0 radical (unpaired) electrons. The fourth-order valence-corrected chi connectivity index (χ4v) is 3.29. The Morgan fingerprint density at radius 1 is 1.33 bits per heavy atom. The lowest BCUT2D eigenvalue weighted by Crippen LogP contribution is -2.45. The zero-order chi connectivity index (χ0) is 17.3. The van der Waals surface area contributed by atoms with Gasteiger partial charge in [0, 0.05) is 25.4 Å². The Labute approximate surface area is 143 Å². The summed E-state index contributed by atoms with van der Waals surface area (Å²) >= 11 is 6.02. The molecule has 24 heavy (non-hydrogen) atoms. The van der Waals surface area contributed by atoms with Crippen molar-refractivity contribution in [1.82, 2.24) is 4.90 Å². The number of nitrogens with two attached hydrogens (primary N) is 1. The number of carbonyl (C=O) groups is 2. The van der Waals surface area contributed by atoms with Crippen LogP contribution in [-0.2, 0) is 14.4 Å². The van der Waals surface area contributed by atoms with E-state index in [0.29, 0.717) is 31.6 Å². The molecule has 1 aromatic carbocycles. The number of halogens is 2. The van der Waals surface area contributed by atoms with E-state index < -0.39 is 11.9 Å². The zero-order valence-electron chi connectivity index (χ0n) is 12.9. The van der Waals surface area contributed by atoms with Crippen molar-refractivity contribution in [3.8, 4) is 0 Å². The fourth-order valence-electron chi connectivity index (χ4n) is 3.02. The van der Waals surface area contributed by atoms with Crippen LogP contribution in [0, 0.1) is 11.7 Å². The van der Waals surface area contributed by atoms with Crippen molar-refractivity contribution in [2.24, 2.45) is 16.8 Å². The Bertz CT molecular complexity index is 682. The predicted molar refractivity (Wildman–Crippen MR) is 85.9 cm³/mol. The van der Waals surface area contributed by atoms with E-state index in [9.17, 15) is 14.0 Å². The molecule has 0 unspecified atom stereocenters. The van der Waals surface area contributed by atoms with Crippen LogP contribution in [0.1, 0.15) is 24.8 Å². The van der Waals surface area contributed by atoms with Crippen LogP contribution in [0.5, 0.6) is 0 Å². The third-order valence-electron chi connectivity index (χ3n) is 4.40. The van der Waals surface area contributed by atoms with Crippen molar-refractivity contribution >= 4 is 29.1 Å². The molecule has 2 heterocycles. The molecule has 1 aromatic rings. The van der Waals surface area contributed by atoms with Gasteiger partial charge in [-0.2, -0.15) is 0 Å². The Morgan fingerprint density at radius 2 is 2.04 bits per heavy atom. The summed E-state index contributed by atoms with van der Waals surface area (Å²) in [5, 5.41) is 4.07. The first-order valence-electron chi connectivity index (χ1n) is 7.72. The summed E-state index contributed by atoms with van der Waals surface area (Å²) in [5.74, 6) is -1.24. The monoisotopic (exact) mass is 353 g/mol. The van der Waals surface area contributed by atoms with Crippen molar-refractivity contribution in [3.05, 3.63) is 34.6 Å². The molecule has 1 fully saturated rings. The van der Waals surface area contributed by atoms with E-state index in [1.165, 1.54) is 12.1 Å². The second-order valence-corrected chi connectivity index (χ2v) is 6.34. The third-order valence-corrected chi connectivity index (χ3v) is 4.72. The molecule has 0 bridgehead atoms. The number of primary amides is 1. The predicted octanol–water partition coefficient (Wildman–Crippen LogP) is 1.70. The highest BCUT2D eigenvalue weighted by Crippen LogP contribution is 2.27. The molecule has 1 atom stereocenters. The van der Waals surface area contributed by atoms with Crippen molar-refractivity contribution in [2.75, 3.05) is 13.1 Å². The molecule has 8 heteroatoms. The Balaban J connectivity index is 1.63. The first kappa shape index (κ1) is 16.7. The number of amides is 2. The van der Waals surface area contributed by atoms with Crippen LogP contribution in [0.25, 0.3) is 0 Å². The maximum absolute atomic E-state index is 13.9. The van der Waals surface area contributed by atoms with E-state index in [-0.39, 0.29) is 34.7 Å². The van der Waals surface area contributed by atoms with Gasteiger partial charge in [0.2, 0.25) is 12.0 Å². The lowest BCUT2D eigenvalue weighted by atomic mass is 9.95. The van der Waals surface area contributed by atoms with Crippen LogP contribution >= 0.6 is 11.6 Å². The second-order valence-electron chi connectivity index (χ2n) is 5.93. The van der Waals surface area contributed by atoms with Crippen LogP contribution in [-0.4, -0.2) is 41.6 Å². The summed E-state index contributed by atoms with van der Waals surface area (Å²) < 4.78 is 13.9. The maximum atomic E-state index is 13.9. The van der Waals surface area contributed by atoms with Gasteiger partial charge in [-0.1, -0.05) is 22.8 Å². The van der Waals surface area contributed by atoms with Gasteiger partial charge in [-0.15, -0.1) is 0 Å². The first-order valence-corrected chi connectivity index (χ1v) is 8.10.